The second-order valence-corrected chi connectivity index (χ2v) is 3.92. The van der Waals surface area contributed by atoms with Gasteiger partial charge in [0, 0.05) is 25.4 Å². The lowest BCUT2D eigenvalue weighted by atomic mass is 9.77. The van der Waals surface area contributed by atoms with Crippen LogP contribution < -0.4 is 0 Å². The van der Waals surface area contributed by atoms with E-state index in [0.717, 1.165) is 19.3 Å². The Morgan fingerprint density at radius 1 is 1.57 bits per heavy atom. The van der Waals surface area contributed by atoms with E-state index in [1.54, 1.807) is 0 Å². The third-order valence-corrected chi connectivity index (χ3v) is 2.90. The van der Waals surface area contributed by atoms with Crippen LogP contribution in [0.15, 0.2) is 12.2 Å². The quantitative estimate of drug-likeness (QED) is 0.525. The van der Waals surface area contributed by atoms with Gasteiger partial charge < -0.3 is 10.2 Å². The zero-order chi connectivity index (χ0) is 10.4. The Morgan fingerprint density at radius 3 is 2.86 bits per heavy atom. The van der Waals surface area contributed by atoms with Gasteiger partial charge in [-0.3, -0.25) is 0 Å². The van der Waals surface area contributed by atoms with Crippen molar-refractivity contribution in [2.75, 3.05) is 6.61 Å². The first-order valence-corrected chi connectivity index (χ1v) is 5.16. The fourth-order valence-corrected chi connectivity index (χ4v) is 2.04. The van der Waals surface area contributed by atoms with Crippen LogP contribution in [0.3, 0.4) is 0 Å². The van der Waals surface area contributed by atoms with E-state index in [2.05, 4.69) is 12.0 Å². The van der Waals surface area contributed by atoms with E-state index in [1.807, 2.05) is 6.08 Å². The van der Waals surface area contributed by atoms with Crippen LogP contribution in [-0.2, 0) is 0 Å². The van der Waals surface area contributed by atoms with E-state index < -0.39 is 5.60 Å². The molecule has 0 heterocycles. The third kappa shape index (κ3) is 2.60. The van der Waals surface area contributed by atoms with Crippen molar-refractivity contribution in [3.05, 3.63) is 12.2 Å². The average molecular weight is 194 g/mol. The van der Waals surface area contributed by atoms with Gasteiger partial charge >= 0.3 is 0 Å². The van der Waals surface area contributed by atoms with Gasteiger partial charge in [0.1, 0.15) is 0 Å². The summed E-state index contributed by atoms with van der Waals surface area (Å²) in [6.07, 6.45) is 13.2. The van der Waals surface area contributed by atoms with Gasteiger partial charge in [0.2, 0.25) is 0 Å². The second-order valence-electron chi connectivity index (χ2n) is 3.92. The third-order valence-electron chi connectivity index (χ3n) is 2.90. The minimum Gasteiger partial charge on any atom is -0.396 e. The molecule has 2 nitrogen and oxygen atoms in total. The summed E-state index contributed by atoms with van der Waals surface area (Å²) in [5.41, 5.74) is -0.902. The number of aliphatic hydroxyl groups excluding tert-OH is 1. The van der Waals surface area contributed by atoms with Crippen LogP contribution in [0, 0.1) is 18.3 Å². The number of hydrogen-bond donors (Lipinski definition) is 2. The molecule has 78 valence electrons. The van der Waals surface area contributed by atoms with E-state index in [-0.39, 0.29) is 12.5 Å². The maximum absolute atomic E-state index is 10.3. The molecule has 0 saturated heterocycles. The maximum atomic E-state index is 10.3. The maximum Gasteiger partial charge on any atom is 0.0840 e. The van der Waals surface area contributed by atoms with Crippen molar-refractivity contribution in [1.29, 1.82) is 0 Å². The summed E-state index contributed by atoms with van der Waals surface area (Å²) < 4.78 is 0. The molecule has 0 aromatic rings. The first kappa shape index (κ1) is 11.3. The van der Waals surface area contributed by atoms with Gasteiger partial charge in [-0.1, -0.05) is 12.2 Å². The highest BCUT2D eigenvalue weighted by molar-refractivity contribution is 5.07. The number of allylic oxidation sites excluding steroid dienone is 1. The van der Waals surface area contributed by atoms with Gasteiger partial charge in [-0.25, -0.2) is 0 Å². The largest absolute Gasteiger partial charge is 0.396 e. The summed E-state index contributed by atoms with van der Waals surface area (Å²) >= 11 is 0. The number of hydrogen-bond acceptors (Lipinski definition) is 2. The molecule has 1 aliphatic carbocycles. The fourth-order valence-electron chi connectivity index (χ4n) is 2.04. The van der Waals surface area contributed by atoms with Crippen molar-refractivity contribution < 1.29 is 10.2 Å². The van der Waals surface area contributed by atoms with E-state index in [1.165, 1.54) is 0 Å². The first-order valence-electron chi connectivity index (χ1n) is 5.16. The second kappa shape index (κ2) is 5.19. The molecule has 0 aromatic heterocycles. The fraction of sp³-hybridized carbons (Fsp3) is 0.667. The number of rotatable bonds is 4. The predicted octanol–water partition coefficient (Wildman–Crippen LogP) is 1.48. The van der Waals surface area contributed by atoms with E-state index in [0.29, 0.717) is 12.8 Å². The molecule has 0 spiro atoms. The summed E-state index contributed by atoms with van der Waals surface area (Å²) in [5, 5.41) is 19.2. The molecule has 0 saturated carbocycles. The Labute approximate surface area is 85.6 Å². The number of terminal acetylenes is 1. The zero-order valence-corrected chi connectivity index (χ0v) is 8.45. The van der Waals surface area contributed by atoms with Gasteiger partial charge in [-0.15, -0.1) is 12.3 Å². The van der Waals surface area contributed by atoms with Gasteiger partial charge in [0.05, 0.1) is 5.60 Å². The molecule has 0 aliphatic heterocycles. The molecule has 0 aromatic carbocycles. The summed E-state index contributed by atoms with van der Waals surface area (Å²) in [6, 6.07) is 0. The highest BCUT2D eigenvalue weighted by Crippen LogP contribution is 2.32. The topological polar surface area (TPSA) is 40.5 Å². The van der Waals surface area contributed by atoms with Crippen LogP contribution in [0.2, 0.25) is 0 Å². The van der Waals surface area contributed by atoms with Gasteiger partial charge in [0.25, 0.3) is 0 Å². The summed E-state index contributed by atoms with van der Waals surface area (Å²) in [5.74, 6) is 2.61. The molecule has 2 atom stereocenters. The smallest absolute Gasteiger partial charge is 0.0840 e. The Hall–Kier alpha value is -0.780. The van der Waals surface area contributed by atoms with Crippen LogP contribution in [0.1, 0.15) is 32.1 Å². The highest BCUT2D eigenvalue weighted by atomic mass is 16.3. The molecule has 1 aliphatic rings. The normalized spacial score (nSPS) is 25.4. The van der Waals surface area contributed by atoms with Crippen molar-refractivity contribution in [1.82, 2.24) is 0 Å². The molecular weight excluding hydrogens is 176 g/mol. The zero-order valence-electron chi connectivity index (χ0n) is 8.45. The molecule has 0 amide bonds. The molecule has 14 heavy (non-hydrogen) atoms. The molecule has 0 radical (unpaired) electrons. The van der Waals surface area contributed by atoms with Crippen LogP contribution in [0.5, 0.6) is 0 Å². The molecule has 2 unspecified atom stereocenters. The van der Waals surface area contributed by atoms with Crippen molar-refractivity contribution in [2.24, 2.45) is 5.92 Å². The summed E-state index contributed by atoms with van der Waals surface area (Å²) in [7, 11) is 0. The van der Waals surface area contributed by atoms with Crippen LogP contribution in [0.25, 0.3) is 0 Å². The van der Waals surface area contributed by atoms with E-state index in [4.69, 9.17) is 11.5 Å². The Kier molecular flexibility index (Phi) is 4.19. The van der Waals surface area contributed by atoms with Gasteiger partial charge in [0.15, 0.2) is 0 Å². The number of aliphatic hydroxyl groups is 2. The summed E-state index contributed by atoms with van der Waals surface area (Å²) in [6.45, 7) is -0.0114. The molecule has 0 bridgehead atoms. The molecular formula is C12H18O2. The van der Waals surface area contributed by atoms with Gasteiger partial charge in [-0.2, -0.15) is 0 Å². The lowest BCUT2D eigenvalue weighted by molar-refractivity contribution is -0.0211. The monoisotopic (exact) mass is 194 g/mol. The summed E-state index contributed by atoms with van der Waals surface area (Å²) in [4.78, 5) is 0. The van der Waals surface area contributed by atoms with Gasteiger partial charge in [-0.05, 0) is 19.3 Å². The van der Waals surface area contributed by atoms with Crippen molar-refractivity contribution in [2.45, 2.75) is 37.7 Å². The molecule has 1 rings (SSSR count). The van der Waals surface area contributed by atoms with Crippen LogP contribution >= 0.6 is 0 Å². The van der Waals surface area contributed by atoms with Crippen molar-refractivity contribution in [3.63, 3.8) is 0 Å². The minimum absolute atomic E-state index is 0.0114. The minimum atomic E-state index is -0.902. The lowest BCUT2D eigenvalue weighted by Crippen LogP contribution is -2.38. The van der Waals surface area contributed by atoms with E-state index in [9.17, 15) is 5.11 Å². The lowest BCUT2D eigenvalue weighted by Gasteiger charge is -2.34. The molecule has 0 fully saturated rings. The first-order chi connectivity index (χ1) is 6.73. The Morgan fingerprint density at radius 2 is 2.36 bits per heavy atom. The Bertz CT molecular complexity index is 239. The van der Waals surface area contributed by atoms with Crippen LogP contribution in [0.4, 0.5) is 0 Å². The SMILES string of the molecule is C#CCC(O)(CCO)C1C=CCCC1. The van der Waals surface area contributed by atoms with Crippen LogP contribution in [-0.4, -0.2) is 22.4 Å². The van der Waals surface area contributed by atoms with Crippen molar-refractivity contribution in [3.8, 4) is 12.3 Å². The predicted molar refractivity (Wildman–Crippen MR) is 56.6 cm³/mol. The molecule has 2 N–H and O–H groups in total. The Balaban J connectivity index is 2.70. The van der Waals surface area contributed by atoms with Crippen molar-refractivity contribution >= 4 is 0 Å². The molecule has 2 heteroatoms. The highest BCUT2D eigenvalue weighted by Gasteiger charge is 2.34. The standard InChI is InChI=1S/C12H18O2/c1-2-8-12(14,9-10-13)11-6-4-3-5-7-11/h1,4,6,11,13-14H,3,5,7-10H2. The van der Waals surface area contributed by atoms with E-state index >= 15 is 0 Å². The average Bonchev–Trinajstić information content (AvgIpc) is 2.20.